The standard InChI is InChI=1S/C25H33NO5/c1-6-8-14-21(27)26-23-19-13-10-9-12-17(19)15-20(23)30-24(29)18(11-7-2)16-22(28)31-25(3,4)5/h6-7,9-10,12-13,18,20,23H,1-2,8,11,14-16H2,3-5H3,(H,26,27)/t18?,20-,23+/m0/s1. The highest BCUT2D eigenvalue weighted by molar-refractivity contribution is 5.81. The number of carbonyl (C=O) groups excluding carboxylic acids is 3. The van der Waals surface area contributed by atoms with E-state index in [0.29, 0.717) is 25.7 Å². The predicted molar refractivity (Wildman–Crippen MR) is 119 cm³/mol. The number of carbonyl (C=O) groups is 3. The quantitative estimate of drug-likeness (QED) is 0.447. The number of amides is 1. The van der Waals surface area contributed by atoms with Crippen molar-refractivity contribution in [2.75, 3.05) is 0 Å². The molecule has 0 fully saturated rings. The molecule has 1 aromatic rings. The zero-order valence-electron chi connectivity index (χ0n) is 18.7. The van der Waals surface area contributed by atoms with E-state index < -0.39 is 35.6 Å². The molecule has 0 aromatic heterocycles. The third-order valence-electron chi connectivity index (χ3n) is 4.96. The molecule has 1 aliphatic rings. The minimum absolute atomic E-state index is 0.0852. The Labute approximate surface area is 184 Å². The number of nitrogens with one attached hydrogen (secondary N) is 1. The van der Waals surface area contributed by atoms with Crippen LogP contribution in [0, 0.1) is 5.92 Å². The molecule has 2 rings (SSSR count). The number of hydrogen-bond acceptors (Lipinski definition) is 5. The number of rotatable bonds is 10. The van der Waals surface area contributed by atoms with Crippen molar-refractivity contribution in [3.8, 4) is 0 Å². The lowest BCUT2D eigenvalue weighted by Gasteiger charge is -2.25. The number of benzene rings is 1. The van der Waals surface area contributed by atoms with Crippen LogP contribution in [0.5, 0.6) is 0 Å². The number of ether oxygens (including phenoxy) is 2. The summed E-state index contributed by atoms with van der Waals surface area (Å²) in [6.45, 7) is 12.7. The normalized spacial score (nSPS) is 18.4. The minimum Gasteiger partial charge on any atom is -0.460 e. The van der Waals surface area contributed by atoms with Crippen LogP contribution in [-0.2, 0) is 30.3 Å². The summed E-state index contributed by atoms with van der Waals surface area (Å²) in [5.41, 5.74) is 1.34. The second kappa shape index (κ2) is 10.9. The van der Waals surface area contributed by atoms with Crippen LogP contribution < -0.4 is 5.32 Å². The van der Waals surface area contributed by atoms with Crippen molar-refractivity contribution in [1.29, 1.82) is 0 Å². The third kappa shape index (κ3) is 7.39. The van der Waals surface area contributed by atoms with Gasteiger partial charge in [0, 0.05) is 12.8 Å². The van der Waals surface area contributed by atoms with Crippen molar-refractivity contribution in [1.82, 2.24) is 5.32 Å². The van der Waals surface area contributed by atoms with E-state index in [0.717, 1.165) is 11.1 Å². The fraction of sp³-hybridized carbons (Fsp3) is 0.480. The van der Waals surface area contributed by atoms with E-state index in [9.17, 15) is 14.4 Å². The minimum atomic E-state index is -0.687. The molecule has 31 heavy (non-hydrogen) atoms. The Morgan fingerprint density at radius 3 is 2.55 bits per heavy atom. The Balaban J connectivity index is 2.11. The second-order valence-corrected chi connectivity index (χ2v) is 8.76. The Morgan fingerprint density at radius 1 is 1.19 bits per heavy atom. The first-order chi connectivity index (χ1) is 14.6. The highest BCUT2D eigenvalue weighted by Gasteiger charge is 2.37. The van der Waals surface area contributed by atoms with Gasteiger partial charge in [0.2, 0.25) is 5.91 Å². The average molecular weight is 428 g/mol. The molecule has 0 bridgehead atoms. The molecule has 1 unspecified atom stereocenters. The van der Waals surface area contributed by atoms with Crippen LogP contribution in [0.2, 0.25) is 0 Å². The summed E-state index contributed by atoms with van der Waals surface area (Å²) < 4.78 is 11.2. The lowest BCUT2D eigenvalue weighted by molar-refractivity contribution is -0.164. The highest BCUT2D eigenvalue weighted by Crippen LogP contribution is 2.34. The van der Waals surface area contributed by atoms with Crippen LogP contribution in [0.3, 0.4) is 0 Å². The van der Waals surface area contributed by atoms with Gasteiger partial charge in [-0.15, -0.1) is 13.2 Å². The van der Waals surface area contributed by atoms with Crippen molar-refractivity contribution in [3.63, 3.8) is 0 Å². The fourth-order valence-electron chi connectivity index (χ4n) is 3.61. The van der Waals surface area contributed by atoms with Crippen LogP contribution in [0.25, 0.3) is 0 Å². The Morgan fingerprint density at radius 2 is 1.90 bits per heavy atom. The van der Waals surface area contributed by atoms with Gasteiger partial charge in [0.25, 0.3) is 0 Å². The second-order valence-electron chi connectivity index (χ2n) is 8.76. The van der Waals surface area contributed by atoms with Gasteiger partial charge in [0.05, 0.1) is 18.4 Å². The van der Waals surface area contributed by atoms with E-state index in [1.165, 1.54) is 0 Å². The number of esters is 2. The summed E-state index contributed by atoms with van der Waals surface area (Å²) in [4.78, 5) is 37.5. The largest absolute Gasteiger partial charge is 0.460 e. The van der Waals surface area contributed by atoms with Gasteiger partial charge in [-0.1, -0.05) is 36.4 Å². The molecule has 168 valence electrons. The molecule has 0 saturated carbocycles. The molecular weight excluding hydrogens is 394 g/mol. The van der Waals surface area contributed by atoms with Gasteiger partial charge in [-0.2, -0.15) is 0 Å². The summed E-state index contributed by atoms with van der Waals surface area (Å²) in [7, 11) is 0. The number of hydrogen-bond donors (Lipinski definition) is 1. The molecule has 0 spiro atoms. The molecule has 0 heterocycles. The van der Waals surface area contributed by atoms with E-state index in [2.05, 4.69) is 18.5 Å². The first-order valence-electron chi connectivity index (χ1n) is 10.7. The summed E-state index contributed by atoms with van der Waals surface area (Å²) in [6, 6.07) is 7.29. The van der Waals surface area contributed by atoms with E-state index in [1.54, 1.807) is 32.9 Å². The first kappa shape index (κ1) is 24.4. The first-order valence-corrected chi connectivity index (χ1v) is 10.7. The van der Waals surface area contributed by atoms with Gasteiger partial charge in [0.15, 0.2) is 0 Å². The molecule has 1 amide bonds. The lowest BCUT2D eigenvalue weighted by Crippen LogP contribution is -2.37. The summed E-state index contributed by atoms with van der Waals surface area (Å²) >= 11 is 0. The van der Waals surface area contributed by atoms with Gasteiger partial charge in [-0.05, 0) is 44.7 Å². The van der Waals surface area contributed by atoms with Crippen molar-refractivity contribution in [2.24, 2.45) is 5.92 Å². The van der Waals surface area contributed by atoms with Gasteiger partial charge in [0.1, 0.15) is 11.7 Å². The maximum Gasteiger partial charge on any atom is 0.310 e. The van der Waals surface area contributed by atoms with Gasteiger partial charge < -0.3 is 14.8 Å². The smallest absolute Gasteiger partial charge is 0.310 e. The maximum atomic E-state index is 12.9. The predicted octanol–water partition coefficient (Wildman–Crippen LogP) is 4.20. The summed E-state index contributed by atoms with van der Waals surface area (Å²) in [5.74, 6) is -1.76. The molecule has 0 saturated heterocycles. The van der Waals surface area contributed by atoms with Crippen molar-refractivity contribution in [2.45, 2.75) is 70.6 Å². The van der Waals surface area contributed by atoms with Crippen LogP contribution in [0.4, 0.5) is 0 Å². The maximum absolute atomic E-state index is 12.9. The van der Waals surface area contributed by atoms with E-state index in [1.807, 2.05) is 24.3 Å². The van der Waals surface area contributed by atoms with Crippen LogP contribution >= 0.6 is 0 Å². The van der Waals surface area contributed by atoms with E-state index >= 15 is 0 Å². The molecule has 1 aromatic carbocycles. The fourth-order valence-corrected chi connectivity index (χ4v) is 3.61. The van der Waals surface area contributed by atoms with Crippen LogP contribution in [-0.4, -0.2) is 29.6 Å². The molecule has 1 aliphatic carbocycles. The molecular formula is C25H33NO5. The van der Waals surface area contributed by atoms with Gasteiger partial charge in [-0.3, -0.25) is 14.4 Å². The van der Waals surface area contributed by atoms with Crippen LogP contribution in [0.15, 0.2) is 49.6 Å². The zero-order chi connectivity index (χ0) is 23.0. The van der Waals surface area contributed by atoms with Crippen molar-refractivity contribution < 1.29 is 23.9 Å². The summed E-state index contributed by atoms with van der Waals surface area (Å²) in [5, 5.41) is 2.99. The SMILES string of the molecule is C=CCCC(=O)N[C@@H]1c2ccccc2C[C@@H]1OC(=O)C(CC=C)CC(=O)OC(C)(C)C. The summed E-state index contributed by atoms with van der Waals surface area (Å²) in [6.07, 6.45) is 4.35. The highest BCUT2D eigenvalue weighted by atomic mass is 16.6. The molecule has 6 nitrogen and oxygen atoms in total. The van der Waals surface area contributed by atoms with Crippen LogP contribution in [0.1, 0.15) is 63.6 Å². The lowest BCUT2D eigenvalue weighted by atomic mass is 10.0. The molecule has 0 radical (unpaired) electrons. The van der Waals surface area contributed by atoms with Gasteiger partial charge in [-0.25, -0.2) is 0 Å². The Kier molecular flexibility index (Phi) is 8.60. The average Bonchev–Trinajstić information content (AvgIpc) is 3.01. The zero-order valence-corrected chi connectivity index (χ0v) is 18.7. The molecule has 1 N–H and O–H groups in total. The number of fused-ring (bicyclic) bond motifs is 1. The Hall–Kier alpha value is -2.89. The monoisotopic (exact) mass is 427 g/mol. The Bertz CT molecular complexity index is 823. The third-order valence-corrected chi connectivity index (χ3v) is 4.96. The van der Waals surface area contributed by atoms with Crippen molar-refractivity contribution in [3.05, 3.63) is 60.7 Å². The molecule has 6 heteroatoms. The topological polar surface area (TPSA) is 81.7 Å². The number of allylic oxidation sites excluding steroid dienone is 2. The van der Waals surface area contributed by atoms with Crippen molar-refractivity contribution >= 4 is 17.8 Å². The van der Waals surface area contributed by atoms with Gasteiger partial charge >= 0.3 is 11.9 Å². The molecule has 0 aliphatic heterocycles. The van der Waals surface area contributed by atoms with E-state index in [4.69, 9.17) is 9.47 Å². The molecule has 3 atom stereocenters. The van der Waals surface area contributed by atoms with E-state index in [-0.39, 0.29) is 12.3 Å².